The Bertz CT molecular complexity index is 824. The van der Waals surface area contributed by atoms with Gasteiger partial charge in [-0.3, -0.25) is 14.4 Å². The summed E-state index contributed by atoms with van der Waals surface area (Å²) in [4.78, 5) is 34.6. The minimum absolute atomic E-state index is 0.0363. The van der Waals surface area contributed by atoms with Crippen molar-refractivity contribution in [1.29, 1.82) is 0 Å². The van der Waals surface area contributed by atoms with Crippen LogP contribution in [-0.2, 0) is 38.1 Å². The number of rotatable bonds is 35. The summed E-state index contributed by atoms with van der Waals surface area (Å²) in [5.74, 6) is -0.367. The van der Waals surface area contributed by atoms with E-state index in [4.69, 9.17) is 23.7 Å². The maximum Gasteiger partial charge on any atom is 0.305 e. The van der Waals surface area contributed by atoms with Crippen LogP contribution in [0.4, 0.5) is 0 Å². The van der Waals surface area contributed by atoms with Crippen LogP contribution in [-0.4, -0.2) is 85.6 Å². The van der Waals surface area contributed by atoms with Crippen molar-refractivity contribution in [1.82, 2.24) is 0 Å². The molecule has 1 aliphatic rings. The normalized spacial score (nSPS) is 18.7. The Morgan fingerprint density at radius 1 is 0.633 bits per heavy atom. The number of epoxide rings is 1. The van der Waals surface area contributed by atoms with Crippen LogP contribution in [0.15, 0.2) is 0 Å². The number of esters is 2. The number of unbranched alkanes of at least 4 members (excludes halogenated alkanes) is 12. The van der Waals surface area contributed by atoms with Crippen molar-refractivity contribution in [2.45, 2.75) is 217 Å². The van der Waals surface area contributed by atoms with Crippen molar-refractivity contribution in [3.63, 3.8) is 0 Å². The molecule has 0 saturated carbocycles. The highest BCUT2D eigenvalue weighted by Gasteiger charge is 2.42. The summed E-state index contributed by atoms with van der Waals surface area (Å²) >= 11 is 0. The van der Waals surface area contributed by atoms with Crippen LogP contribution in [0.2, 0.25) is 0 Å². The predicted molar refractivity (Wildman–Crippen MR) is 191 cm³/mol. The zero-order chi connectivity index (χ0) is 36.1. The Kier molecular flexibility index (Phi) is 27.7. The molecule has 1 aliphatic heterocycles. The van der Waals surface area contributed by atoms with Gasteiger partial charge in [-0.25, -0.2) is 0 Å². The summed E-state index contributed by atoms with van der Waals surface area (Å²) in [5.41, 5.74) is 0. The fourth-order valence-corrected chi connectivity index (χ4v) is 6.57. The average molecular weight is 701 g/mol. The van der Waals surface area contributed by atoms with E-state index >= 15 is 0 Å². The van der Waals surface area contributed by atoms with E-state index in [-0.39, 0.29) is 24.1 Å². The SMILES string of the molecule is CCCCCC(O)CCC(OC(CCCCCCCC(=O)OC)C(CC1OC1CCCCC)OC=O)C(O)CCCCCCCC(=O)OC. The first-order valence-electron chi connectivity index (χ1n) is 19.7. The molecule has 7 unspecified atom stereocenters. The first kappa shape index (κ1) is 45.3. The molecule has 49 heavy (non-hydrogen) atoms. The zero-order valence-corrected chi connectivity index (χ0v) is 31.5. The summed E-state index contributed by atoms with van der Waals surface area (Å²) in [6.07, 6.45) is 18.7. The monoisotopic (exact) mass is 701 g/mol. The molecule has 0 aromatic heterocycles. The topological polar surface area (TPSA) is 141 Å². The maximum atomic E-state index is 11.7. The van der Waals surface area contributed by atoms with Crippen LogP contribution in [0.25, 0.3) is 0 Å². The number of hydrogen-bond donors (Lipinski definition) is 2. The molecule has 1 fully saturated rings. The molecule has 0 spiro atoms. The Morgan fingerprint density at radius 2 is 1.18 bits per heavy atom. The molecule has 2 N–H and O–H groups in total. The quantitative estimate of drug-likeness (QED) is 0.0220. The number of hydrogen-bond acceptors (Lipinski definition) is 10. The van der Waals surface area contributed by atoms with Gasteiger partial charge in [-0.05, 0) is 51.4 Å². The van der Waals surface area contributed by atoms with Crippen molar-refractivity contribution in [2.24, 2.45) is 0 Å². The van der Waals surface area contributed by atoms with E-state index < -0.39 is 30.5 Å². The molecule has 0 radical (unpaired) electrons. The van der Waals surface area contributed by atoms with Gasteiger partial charge in [0.05, 0.1) is 50.8 Å². The largest absolute Gasteiger partial charge is 0.469 e. The second-order valence-corrected chi connectivity index (χ2v) is 14.0. The van der Waals surface area contributed by atoms with E-state index in [0.29, 0.717) is 51.4 Å². The van der Waals surface area contributed by atoms with Crippen molar-refractivity contribution in [3.8, 4) is 0 Å². The minimum Gasteiger partial charge on any atom is -0.469 e. The molecule has 0 amide bonds. The van der Waals surface area contributed by atoms with E-state index in [1.54, 1.807) is 0 Å². The molecule has 1 heterocycles. The lowest BCUT2D eigenvalue weighted by Crippen LogP contribution is -2.40. The summed E-state index contributed by atoms with van der Waals surface area (Å²) in [7, 11) is 2.82. The van der Waals surface area contributed by atoms with E-state index in [1.807, 2.05) is 0 Å². The molecule has 7 atom stereocenters. The molecule has 0 aromatic rings. The van der Waals surface area contributed by atoms with Crippen molar-refractivity contribution in [2.75, 3.05) is 14.2 Å². The number of ether oxygens (including phenoxy) is 5. The van der Waals surface area contributed by atoms with Crippen molar-refractivity contribution < 1.29 is 48.3 Å². The highest BCUT2D eigenvalue weighted by atomic mass is 16.6. The number of aliphatic hydroxyl groups is 2. The molecule has 288 valence electrons. The van der Waals surface area contributed by atoms with E-state index in [0.717, 1.165) is 109 Å². The fraction of sp³-hybridized carbons (Fsp3) is 0.923. The lowest BCUT2D eigenvalue weighted by Gasteiger charge is -2.33. The number of carbonyl (C=O) groups excluding carboxylic acids is 3. The van der Waals surface area contributed by atoms with Crippen LogP contribution in [0, 0.1) is 0 Å². The third-order valence-corrected chi connectivity index (χ3v) is 9.80. The molecular formula is C39H72O10. The lowest BCUT2D eigenvalue weighted by atomic mass is 9.96. The van der Waals surface area contributed by atoms with E-state index in [2.05, 4.69) is 13.8 Å². The van der Waals surface area contributed by atoms with Gasteiger partial charge in [0.1, 0.15) is 6.10 Å². The lowest BCUT2D eigenvalue weighted by molar-refractivity contribution is -0.157. The fourth-order valence-electron chi connectivity index (χ4n) is 6.57. The summed E-state index contributed by atoms with van der Waals surface area (Å²) in [6.45, 7) is 4.83. The summed E-state index contributed by atoms with van der Waals surface area (Å²) in [6, 6.07) is 0. The first-order chi connectivity index (χ1) is 23.8. The molecular weight excluding hydrogens is 628 g/mol. The van der Waals surface area contributed by atoms with Gasteiger partial charge >= 0.3 is 11.9 Å². The summed E-state index contributed by atoms with van der Waals surface area (Å²) < 4.78 is 27.9. The van der Waals surface area contributed by atoms with Crippen LogP contribution in [0.3, 0.4) is 0 Å². The van der Waals surface area contributed by atoms with Crippen LogP contribution in [0.5, 0.6) is 0 Å². The van der Waals surface area contributed by atoms with E-state index in [9.17, 15) is 24.6 Å². The molecule has 1 saturated heterocycles. The van der Waals surface area contributed by atoms with Crippen molar-refractivity contribution >= 4 is 18.4 Å². The molecule has 10 heteroatoms. The number of carbonyl (C=O) groups is 3. The zero-order valence-electron chi connectivity index (χ0n) is 31.5. The molecule has 10 nitrogen and oxygen atoms in total. The maximum absolute atomic E-state index is 11.7. The van der Waals surface area contributed by atoms with Crippen LogP contribution >= 0.6 is 0 Å². The Hall–Kier alpha value is -1.75. The third-order valence-electron chi connectivity index (χ3n) is 9.80. The Balaban J connectivity index is 2.91. The highest BCUT2D eigenvalue weighted by Crippen LogP contribution is 2.34. The molecule has 1 rings (SSSR count). The minimum atomic E-state index is -0.713. The molecule has 0 bridgehead atoms. The van der Waals surface area contributed by atoms with Crippen molar-refractivity contribution in [3.05, 3.63) is 0 Å². The summed E-state index contributed by atoms with van der Waals surface area (Å²) in [5, 5.41) is 22.2. The molecule has 0 aromatic carbocycles. The smallest absolute Gasteiger partial charge is 0.305 e. The molecule has 0 aliphatic carbocycles. The highest BCUT2D eigenvalue weighted by molar-refractivity contribution is 5.69. The van der Waals surface area contributed by atoms with Crippen LogP contribution < -0.4 is 0 Å². The van der Waals surface area contributed by atoms with Gasteiger partial charge in [0.25, 0.3) is 6.47 Å². The first-order valence-corrected chi connectivity index (χ1v) is 19.7. The van der Waals surface area contributed by atoms with Gasteiger partial charge in [0, 0.05) is 19.3 Å². The standard InChI is InChI=1S/C39H72O10/c1-5-7-15-21-31(41)27-28-33(32(42)22-17-11-9-13-19-25-38(43)45-3)48-34(24-18-12-10-14-20-26-39(44)46-4)36(47-30-40)29-37-35(49-37)23-16-8-6-2/h30-37,41-42H,5-29H2,1-4H3. The van der Waals surface area contributed by atoms with Crippen LogP contribution in [0.1, 0.15) is 174 Å². The Labute approximate surface area is 297 Å². The average Bonchev–Trinajstić information content (AvgIpc) is 3.84. The Morgan fingerprint density at radius 3 is 1.78 bits per heavy atom. The van der Waals surface area contributed by atoms with Gasteiger partial charge in [-0.15, -0.1) is 0 Å². The third kappa shape index (κ3) is 23.4. The second kappa shape index (κ2) is 29.9. The number of aliphatic hydroxyl groups excluding tert-OH is 2. The predicted octanol–water partition coefficient (Wildman–Crippen LogP) is 7.91. The van der Waals surface area contributed by atoms with E-state index in [1.165, 1.54) is 20.6 Å². The number of methoxy groups -OCH3 is 2. The van der Waals surface area contributed by atoms with Gasteiger partial charge in [0.2, 0.25) is 0 Å². The van der Waals surface area contributed by atoms with Gasteiger partial charge in [-0.1, -0.05) is 104 Å². The van der Waals surface area contributed by atoms with Gasteiger partial charge < -0.3 is 33.9 Å². The van der Waals surface area contributed by atoms with Gasteiger partial charge in [0.15, 0.2) is 0 Å². The second-order valence-electron chi connectivity index (χ2n) is 14.0. The van der Waals surface area contributed by atoms with Gasteiger partial charge in [-0.2, -0.15) is 0 Å².